The predicted molar refractivity (Wildman–Crippen MR) is 79.0 cm³/mol. The smallest absolute Gasteiger partial charge is 0.120 e. The van der Waals surface area contributed by atoms with Gasteiger partial charge in [-0.3, -0.25) is 0 Å². The molecular formula is C15H23BrO2. The average molecular weight is 315 g/mol. The van der Waals surface area contributed by atoms with Crippen molar-refractivity contribution in [1.82, 2.24) is 0 Å². The van der Waals surface area contributed by atoms with E-state index in [1.807, 2.05) is 25.1 Å². The molecule has 0 fully saturated rings. The minimum absolute atomic E-state index is 0.277. The molecule has 0 saturated carbocycles. The molecule has 1 aromatic carbocycles. The van der Waals surface area contributed by atoms with Gasteiger partial charge in [-0.1, -0.05) is 48.7 Å². The Morgan fingerprint density at radius 2 is 2.06 bits per heavy atom. The minimum atomic E-state index is -0.415. The number of rotatable bonds is 7. The maximum atomic E-state index is 10.3. The molecule has 0 bridgehead atoms. The van der Waals surface area contributed by atoms with Gasteiger partial charge in [0, 0.05) is 4.47 Å². The third kappa shape index (κ3) is 4.29. The zero-order valence-electron chi connectivity index (χ0n) is 11.4. The van der Waals surface area contributed by atoms with Crippen molar-refractivity contribution in [2.75, 3.05) is 6.61 Å². The second kappa shape index (κ2) is 7.80. The van der Waals surface area contributed by atoms with E-state index >= 15 is 0 Å². The minimum Gasteiger partial charge on any atom is -0.494 e. The normalized spacial score (nSPS) is 14.3. The average Bonchev–Trinajstić information content (AvgIpc) is 2.35. The van der Waals surface area contributed by atoms with E-state index in [1.54, 1.807) is 0 Å². The van der Waals surface area contributed by atoms with Crippen LogP contribution in [0.4, 0.5) is 0 Å². The maximum Gasteiger partial charge on any atom is 0.120 e. The Labute approximate surface area is 118 Å². The lowest BCUT2D eigenvalue weighted by atomic mass is 9.93. The quantitative estimate of drug-likeness (QED) is 0.790. The van der Waals surface area contributed by atoms with E-state index in [0.717, 1.165) is 28.6 Å². The fourth-order valence-corrected chi connectivity index (χ4v) is 2.59. The molecule has 1 N–H and O–H groups in total. The van der Waals surface area contributed by atoms with E-state index in [-0.39, 0.29) is 5.92 Å². The van der Waals surface area contributed by atoms with Crippen molar-refractivity contribution in [2.24, 2.45) is 5.92 Å². The van der Waals surface area contributed by atoms with E-state index < -0.39 is 6.10 Å². The van der Waals surface area contributed by atoms with Gasteiger partial charge in [0.25, 0.3) is 0 Å². The first-order chi connectivity index (χ1) is 8.60. The topological polar surface area (TPSA) is 29.5 Å². The monoisotopic (exact) mass is 314 g/mol. The SMILES string of the molecule is CCCCC(C)C(O)c1ccc(OCC)cc1Br. The van der Waals surface area contributed by atoms with Crippen LogP contribution in [0.2, 0.25) is 0 Å². The molecule has 0 heterocycles. The van der Waals surface area contributed by atoms with Gasteiger partial charge in [-0.25, -0.2) is 0 Å². The van der Waals surface area contributed by atoms with E-state index in [1.165, 1.54) is 6.42 Å². The van der Waals surface area contributed by atoms with Crippen LogP contribution in [0.25, 0.3) is 0 Å². The molecule has 0 spiro atoms. The second-order valence-corrected chi connectivity index (χ2v) is 5.54. The van der Waals surface area contributed by atoms with E-state index in [9.17, 15) is 5.11 Å². The van der Waals surface area contributed by atoms with Crippen molar-refractivity contribution < 1.29 is 9.84 Å². The van der Waals surface area contributed by atoms with Crippen LogP contribution < -0.4 is 4.74 Å². The number of aliphatic hydroxyl groups is 1. The van der Waals surface area contributed by atoms with E-state index in [4.69, 9.17) is 4.74 Å². The lowest BCUT2D eigenvalue weighted by molar-refractivity contribution is 0.110. The highest BCUT2D eigenvalue weighted by Gasteiger charge is 2.18. The molecule has 2 nitrogen and oxygen atoms in total. The molecule has 0 aliphatic carbocycles. The Morgan fingerprint density at radius 1 is 1.33 bits per heavy atom. The molecule has 3 heteroatoms. The molecule has 2 unspecified atom stereocenters. The van der Waals surface area contributed by atoms with Gasteiger partial charge in [0.1, 0.15) is 5.75 Å². The van der Waals surface area contributed by atoms with Crippen LogP contribution in [0, 0.1) is 5.92 Å². The first kappa shape index (κ1) is 15.5. The largest absolute Gasteiger partial charge is 0.494 e. The van der Waals surface area contributed by atoms with Gasteiger partial charge in [-0.05, 0) is 37.0 Å². The maximum absolute atomic E-state index is 10.3. The lowest BCUT2D eigenvalue weighted by Gasteiger charge is -2.20. The van der Waals surface area contributed by atoms with Crippen molar-refractivity contribution in [1.29, 1.82) is 0 Å². The Morgan fingerprint density at radius 3 is 2.61 bits per heavy atom. The van der Waals surface area contributed by atoms with Gasteiger partial charge in [-0.2, -0.15) is 0 Å². The number of unbranched alkanes of at least 4 members (excludes halogenated alkanes) is 1. The number of hydrogen-bond acceptors (Lipinski definition) is 2. The summed E-state index contributed by atoms with van der Waals surface area (Å²) in [4.78, 5) is 0. The molecule has 0 saturated heterocycles. The van der Waals surface area contributed by atoms with Gasteiger partial charge in [0.15, 0.2) is 0 Å². The number of benzene rings is 1. The van der Waals surface area contributed by atoms with Gasteiger partial charge >= 0.3 is 0 Å². The molecule has 0 radical (unpaired) electrons. The van der Waals surface area contributed by atoms with Crippen LogP contribution in [0.1, 0.15) is 51.7 Å². The highest BCUT2D eigenvalue weighted by atomic mass is 79.9. The zero-order chi connectivity index (χ0) is 13.5. The fourth-order valence-electron chi connectivity index (χ4n) is 1.99. The van der Waals surface area contributed by atoms with Crippen LogP contribution in [0.3, 0.4) is 0 Å². The molecule has 1 rings (SSSR count). The third-order valence-electron chi connectivity index (χ3n) is 3.15. The summed E-state index contributed by atoms with van der Waals surface area (Å²) < 4.78 is 6.36. The van der Waals surface area contributed by atoms with Crippen LogP contribution in [0.5, 0.6) is 5.75 Å². The Balaban J connectivity index is 2.76. The molecule has 0 aromatic heterocycles. The van der Waals surface area contributed by atoms with Crippen molar-refractivity contribution in [3.8, 4) is 5.75 Å². The molecule has 1 aromatic rings. The first-order valence-electron chi connectivity index (χ1n) is 6.70. The van der Waals surface area contributed by atoms with Crippen molar-refractivity contribution in [2.45, 2.75) is 46.1 Å². The fraction of sp³-hybridized carbons (Fsp3) is 0.600. The van der Waals surface area contributed by atoms with Gasteiger partial charge < -0.3 is 9.84 Å². The van der Waals surface area contributed by atoms with Crippen LogP contribution >= 0.6 is 15.9 Å². The highest BCUT2D eigenvalue weighted by molar-refractivity contribution is 9.10. The molecule has 0 amide bonds. The molecule has 18 heavy (non-hydrogen) atoms. The summed E-state index contributed by atoms with van der Waals surface area (Å²) in [7, 11) is 0. The Kier molecular flexibility index (Phi) is 6.72. The molecular weight excluding hydrogens is 292 g/mol. The van der Waals surface area contributed by atoms with E-state index in [2.05, 4.69) is 29.8 Å². The number of hydrogen-bond donors (Lipinski definition) is 1. The summed E-state index contributed by atoms with van der Waals surface area (Å²) in [5.74, 6) is 1.11. The second-order valence-electron chi connectivity index (χ2n) is 4.68. The number of aliphatic hydroxyl groups excluding tert-OH is 1. The summed E-state index contributed by atoms with van der Waals surface area (Å²) in [6.07, 6.45) is 2.97. The van der Waals surface area contributed by atoms with E-state index in [0.29, 0.717) is 6.61 Å². The highest BCUT2D eigenvalue weighted by Crippen LogP contribution is 2.33. The van der Waals surface area contributed by atoms with Gasteiger partial charge in [0.05, 0.1) is 12.7 Å². The molecule has 102 valence electrons. The van der Waals surface area contributed by atoms with Crippen LogP contribution in [-0.2, 0) is 0 Å². The summed E-state index contributed by atoms with van der Waals surface area (Å²) in [6, 6.07) is 5.79. The molecule has 0 aliphatic heterocycles. The van der Waals surface area contributed by atoms with Crippen LogP contribution in [0.15, 0.2) is 22.7 Å². The summed E-state index contributed by atoms with van der Waals surface area (Å²) in [6.45, 7) is 6.89. The van der Waals surface area contributed by atoms with Gasteiger partial charge in [0.2, 0.25) is 0 Å². The molecule has 0 aliphatic rings. The Bertz CT molecular complexity index is 366. The van der Waals surface area contributed by atoms with Crippen LogP contribution in [-0.4, -0.2) is 11.7 Å². The molecule has 2 atom stereocenters. The summed E-state index contributed by atoms with van der Waals surface area (Å²) >= 11 is 3.51. The zero-order valence-corrected chi connectivity index (χ0v) is 13.0. The standard InChI is InChI=1S/C15H23BrO2/c1-4-6-7-11(3)15(17)13-9-8-12(18-5-2)10-14(13)16/h8-11,15,17H,4-7H2,1-3H3. The summed E-state index contributed by atoms with van der Waals surface area (Å²) in [5.41, 5.74) is 0.946. The summed E-state index contributed by atoms with van der Waals surface area (Å²) in [5, 5.41) is 10.3. The predicted octanol–water partition coefficient (Wildman–Crippen LogP) is 4.71. The third-order valence-corrected chi connectivity index (χ3v) is 3.84. The van der Waals surface area contributed by atoms with Gasteiger partial charge in [-0.15, -0.1) is 0 Å². The van der Waals surface area contributed by atoms with Crippen molar-refractivity contribution in [3.05, 3.63) is 28.2 Å². The number of ether oxygens (including phenoxy) is 1. The number of halogens is 1. The first-order valence-corrected chi connectivity index (χ1v) is 7.49. The lowest BCUT2D eigenvalue weighted by Crippen LogP contribution is -2.10. The van der Waals surface area contributed by atoms with Crippen molar-refractivity contribution >= 4 is 15.9 Å². The Hall–Kier alpha value is -0.540. The van der Waals surface area contributed by atoms with Crippen molar-refractivity contribution in [3.63, 3.8) is 0 Å².